The Balaban J connectivity index is 2.03. The third kappa shape index (κ3) is 3.54. The molecule has 3 heterocycles. The zero-order valence-electron chi connectivity index (χ0n) is 17.6. The van der Waals surface area contributed by atoms with E-state index in [1.807, 2.05) is 20.2 Å². The van der Waals surface area contributed by atoms with Crippen molar-refractivity contribution in [2.45, 2.75) is 52.8 Å². The van der Waals surface area contributed by atoms with E-state index in [2.05, 4.69) is 83.9 Å². The van der Waals surface area contributed by atoms with Gasteiger partial charge in [-0.2, -0.15) is 0 Å². The maximum absolute atomic E-state index is 4.63. The molecule has 0 saturated carbocycles. The maximum Gasteiger partial charge on any atom is 0.143 e. The molecular formula is C22H28N4Si. The van der Waals surface area contributed by atoms with Gasteiger partial charge in [0.05, 0.1) is 11.4 Å². The highest BCUT2D eigenvalue weighted by Crippen LogP contribution is 2.35. The number of hydrogen-bond acceptors (Lipinski definition) is 3. The number of aromatic nitrogens is 4. The first-order chi connectivity index (χ1) is 12.5. The predicted octanol–water partition coefficient (Wildman–Crippen LogP) is 5.05. The van der Waals surface area contributed by atoms with E-state index < -0.39 is 8.07 Å². The number of rotatable bonds is 1. The number of nitrogens with zero attached hydrogens (tertiary/aromatic N) is 4. The van der Waals surface area contributed by atoms with E-state index in [1.165, 1.54) is 5.56 Å². The molecule has 0 aromatic carbocycles. The second kappa shape index (κ2) is 6.61. The standard InChI is InChI=1S/C22H28N4Si/c1-15-11-17(9-10-27(7,8)22(3,4)5)23-13-19(15)20-12-18-16(2)24-14-25-21(18)26(20)6/h11-14H,1-8H3. The molecular weight excluding hydrogens is 348 g/mol. The highest BCUT2D eigenvalue weighted by molar-refractivity contribution is 6.87. The number of aryl methyl sites for hydroxylation is 3. The van der Waals surface area contributed by atoms with Gasteiger partial charge in [-0.1, -0.05) is 39.8 Å². The molecule has 0 aliphatic carbocycles. The molecule has 0 atom stereocenters. The zero-order chi connectivity index (χ0) is 20.0. The van der Waals surface area contributed by atoms with Crippen molar-refractivity contribution in [3.63, 3.8) is 0 Å². The van der Waals surface area contributed by atoms with Gasteiger partial charge in [0.2, 0.25) is 0 Å². The van der Waals surface area contributed by atoms with Crippen molar-refractivity contribution in [3.8, 4) is 22.7 Å². The molecule has 0 aliphatic heterocycles. The predicted molar refractivity (Wildman–Crippen MR) is 115 cm³/mol. The minimum atomic E-state index is -1.64. The van der Waals surface area contributed by atoms with Gasteiger partial charge in [0, 0.05) is 24.2 Å². The van der Waals surface area contributed by atoms with Crippen LogP contribution in [-0.4, -0.2) is 27.6 Å². The smallest absolute Gasteiger partial charge is 0.143 e. The SMILES string of the molecule is Cc1cc(C#C[Si](C)(C)C(C)(C)C)ncc1-c1cc2c(C)ncnc2n1C. The average molecular weight is 377 g/mol. The molecule has 3 rings (SSSR count). The van der Waals surface area contributed by atoms with Crippen molar-refractivity contribution in [1.29, 1.82) is 0 Å². The molecule has 4 nitrogen and oxygen atoms in total. The summed E-state index contributed by atoms with van der Waals surface area (Å²) in [5, 5.41) is 1.33. The molecule has 27 heavy (non-hydrogen) atoms. The highest BCUT2D eigenvalue weighted by atomic mass is 28.3. The Bertz CT molecular complexity index is 1080. The molecule has 0 radical (unpaired) electrons. The van der Waals surface area contributed by atoms with Gasteiger partial charge in [0.15, 0.2) is 0 Å². The number of hydrogen-bond donors (Lipinski definition) is 0. The van der Waals surface area contributed by atoms with Crippen molar-refractivity contribution in [2.24, 2.45) is 7.05 Å². The van der Waals surface area contributed by atoms with Crippen LogP contribution in [0.25, 0.3) is 22.3 Å². The van der Waals surface area contributed by atoms with Crippen LogP contribution in [0.1, 0.15) is 37.7 Å². The highest BCUT2D eigenvalue weighted by Gasteiger charge is 2.33. The largest absolute Gasteiger partial charge is 0.328 e. The van der Waals surface area contributed by atoms with Crippen LogP contribution in [0.3, 0.4) is 0 Å². The van der Waals surface area contributed by atoms with Crippen LogP contribution in [0.15, 0.2) is 24.7 Å². The Morgan fingerprint density at radius 3 is 2.33 bits per heavy atom. The molecule has 0 fully saturated rings. The van der Waals surface area contributed by atoms with Gasteiger partial charge in [-0.05, 0) is 36.6 Å². The lowest BCUT2D eigenvalue weighted by Crippen LogP contribution is -2.35. The summed E-state index contributed by atoms with van der Waals surface area (Å²) in [5.74, 6) is 3.33. The second-order valence-electron chi connectivity index (χ2n) is 8.79. The van der Waals surface area contributed by atoms with Crippen LogP contribution in [-0.2, 0) is 7.05 Å². The third-order valence-electron chi connectivity index (χ3n) is 5.79. The molecule has 0 bridgehead atoms. The summed E-state index contributed by atoms with van der Waals surface area (Å²) in [6, 6.07) is 4.24. The Morgan fingerprint density at radius 2 is 1.74 bits per heavy atom. The fraction of sp³-hybridized carbons (Fsp3) is 0.409. The Morgan fingerprint density at radius 1 is 1.04 bits per heavy atom. The summed E-state index contributed by atoms with van der Waals surface area (Å²) >= 11 is 0. The monoisotopic (exact) mass is 376 g/mol. The molecule has 5 heteroatoms. The molecule has 140 valence electrons. The van der Waals surface area contributed by atoms with Crippen LogP contribution in [0.2, 0.25) is 18.1 Å². The lowest BCUT2D eigenvalue weighted by Gasteiger charge is -2.31. The van der Waals surface area contributed by atoms with Crippen LogP contribution in [0, 0.1) is 25.3 Å². The summed E-state index contributed by atoms with van der Waals surface area (Å²) in [6.07, 6.45) is 3.55. The molecule has 0 amide bonds. The lowest BCUT2D eigenvalue weighted by molar-refractivity contribution is 0.731. The van der Waals surface area contributed by atoms with Gasteiger partial charge in [-0.25, -0.2) is 15.0 Å². The summed E-state index contributed by atoms with van der Waals surface area (Å²) in [5.41, 5.74) is 9.69. The first-order valence-electron chi connectivity index (χ1n) is 9.28. The van der Waals surface area contributed by atoms with E-state index in [1.54, 1.807) is 6.33 Å². The number of pyridine rings is 1. The van der Waals surface area contributed by atoms with Gasteiger partial charge in [0.1, 0.15) is 25.7 Å². The molecule has 0 spiro atoms. The Labute approximate surface area is 163 Å². The summed E-state index contributed by atoms with van der Waals surface area (Å²) < 4.78 is 2.11. The first-order valence-corrected chi connectivity index (χ1v) is 12.3. The van der Waals surface area contributed by atoms with Gasteiger partial charge in [0.25, 0.3) is 0 Å². The van der Waals surface area contributed by atoms with E-state index in [-0.39, 0.29) is 5.04 Å². The van der Waals surface area contributed by atoms with Crippen molar-refractivity contribution in [2.75, 3.05) is 0 Å². The fourth-order valence-corrected chi connectivity index (χ4v) is 3.63. The van der Waals surface area contributed by atoms with Gasteiger partial charge in [-0.15, -0.1) is 5.54 Å². The zero-order valence-corrected chi connectivity index (χ0v) is 18.6. The number of fused-ring (bicyclic) bond motifs is 1. The molecule has 0 saturated heterocycles. The average Bonchev–Trinajstić information content (AvgIpc) is 2.91. The van der Waals surface area contributed by atoms with Crippen LogP contribution < -0.4 is 0 Å². The van der Waals surface area contributed by atoms with E-state index in [4.69, 9.17) is 0 Å². The Hall–Kier alpha value is -2.45. The lowest BCUT2D eigenvalue weighted by atomic mass is 10.1. The van der Waals surface area contributed by atoms with E-state index in [0.29, 0.717) is 0 Å². The molecule has 0 aliphatic rings. The van der Waals surface area contributed by atoms with Crippen LogP contribution in [0.4, 0.5) is 0 Å². The van der Waals surface area contributed by atoms with E-state index in [9.17, 15) is 0 Å². The fourth-order valence-electron chi connectivity index (χ4n) is 2.81. The minimum Gasteiger partial charge on any atom is -0.328 e. The molecule has 0 N–H and O–H groups in total. The van der Waals surface area contributed by atoms with Crippen molar-refractivity contribution < 1.29 is 0 Å². The molecule has 0 unspecified atom stereocenters. The van der Waals surface area contributed by atoms with Gasteiger partial charge in [-0.3, -0.25) is 0 Å². The minimum absolute atomic E-state index is 0.247. The summed E-state index contributed by atoms with van der Waals surface area (Å²) in [7, 11) is 0.396. The maximum atomic E-state index is 4.63. The topological polar surface area (TPSA) is 43.6 Å². The second-order valence-corrected chi connectivity index (χ2v) is 13.8. The van der Waals surface area contributed by atoms with Crippen LogP contribution in [0.5, 0.6) is 0 Å². The van der Waals surface area contributed by atoms with Gasteiger partial charge >= 0.3 is 0 Å². The summed E-state index contributed by atoms with van der Waals surface area (Å²) in [6.45, 7) is 15.6. The molecule has 3 aromatic heterocycles. The normalized spacial score (nSPS) is 12.1. The van der Waals surface area contributed by atoms with Crippen LogP contribution >= 0.6 is 0 Å². The third-order valence-corrected chi connectivity index (χ3v) is 10.3. The quantitative estimate of drug-likeness (QED) is 0.441. The van der Waals surface area contributed by atoms with Gasteiger partial charge < -0.3 is 4.57 Å². The van der Waals surface area contributed by atoms with Crippen molar-refractivity contribution in [1.82, 2.24) is 19.5 Å². The van der Waals surface area contributed by atoms with E-state index in [0.717, 1.165) is 33.7 Å². The van der Waals surface area contributed by atoms with Crippen molar-refractivity contribution >= 4 is 19.1 Å². The summed E-state index contributed by atoms with van der Waals surface area (Å²) in [4.78, 5) is 13.4. The Kier molecular flexibility index (Phi) is 4.73. The van der Waals surface area contributed by atoms with Crippen molar-refractivity contribution in [3.05, 3.63) is 41.6 Å². The molecule has 3 aromatic rings. The van der Waals surface area contributed by atoms with E-state index >= 15 is 0 Å². The first kappa shape index (κ1) is 19.3.